The highest BCUT2D eigenvalue weighted by Gasteiger charge is 2.49. The van der Waals surface area contributed by atoms with Crippen molar-refractivity contribution in [3.63, 3.8) is 0 Å². The van der Waals surface area contributed by atoms with Crippen molar-refractivity contribution in [1.29, 1.82) is 5.26 Å². The van der Waals surface area contributed by atoms with Crippen LogP contribution in [0.3, 0.4) is 0 Å². The van der Waals surface area contributed by atoms with Crippen LogP contribution < -0.4 is 4.90 Å². The highest BCUT2D eigenvalue weighted by atomic mass is 16.2. The number of carbonyl (C=O) groups is 1. The predicted molar refractivity (Wildman–Crippen MR) is 89.0 cm³/mol. The van der Waals surface area contributed by atoms with E-state index in [1.165, 1.54) is 0 Å². The average Bonchev–Trinajstić information content (AvgIpc) is 2.95. The Morgan fingerprint density at radius 2 is 2.09 bits per heavy atom. The van der Waals surface area contributed by atoms with Gasteiger partial charge in [0.1, 0.15) is 11.9 Å². The van der Waals surface area contributed by atoms with Crippen LogP contribution in [0.5, 0.6) is 0 Å². The third-order valence-corrected chi connectivity index (χ3v) is 5.18. The molecule has 3 rings (SSSR count). The molecule has 0 unspecified atom stereocenters. The minimum Gasteiger partial charge on any atom is -0.354 e. The van der Waals surface area contributed by atoms with Gasteiger partial charge in [-0.05, 0) is 52.2 Å². The van der Waals surface area contributed by atoms with E-state index in [4.69, 9.17) is 0 Å². The lowest BCUT2D eigenvalue weighted by molar-refractivity contribution is -0.147. The summed E-state index contributed by atoms with van der Waals surface area (Å²) in [6.45, 7) is 8.44. The molecular weight excluding hydrogens is 288 g/mol. The van der Waals surface area contributed by atoms with E-state index in [0.717, 1.165) is 43.9 Å². The average molecular weight is 312 g/mol. The van der Waals surface area contributed by atoms with Gasteiger partial charge in [-0.3, -0.25) is 4.79 Å². The Hall–Kier alpha value is -2.09. The molecule has 0 aromatic carbocycles. The highest BCUT2D eigenvalue weighted by Crippen LogP contribution is 2.42. The fraction of sp³-hybridized carbons (Fsp3) is 0.611. The van der Waals surface area contributed by atoms with Gasteiger partial charge < -0.3 is 9.80 Å². The molecule has 2 fully saturated rings. The largest absolute Gasteiger partial charge is 0.354 e. The van der Waals surface area contributed by atoms with Crippen molar-refractivity contribution in [2.24, 2.45) is 5.41 Å². The Labute approximate surface area is 137 Å². The molecule has 1 atom stereocenters. The number of pyridine rings is 1. The summed E-state index contributed by atoms with van der Waals surface area (Å²) in [5.41, 5.74) is 1.20. The minimum absolute atomic E-state index is 0.250. The molecule has 2 aliphatic heterocycles. The van der Waals surface area contributed by atoms with Crippen molar-refractivity contribution in [2.75, 3.05) is 24.5 Å². The number of nitrogens with zero attached hydrogens (tertiary/aromatic N) is 4. The van der Waals surface area contributed by atoms with E-state index in [1.54, 1.807) is 0 Å². The van der Waals surface area contributed by atoms with E-state index < -0.39 is 0 Å². The first-order valence-electron chi connectivity index (χ1n) is 8.41. The van der Waals surface area contributed by atoms with E-state index >= 15 is 0 Å². The van der Waals surface area contributed by atoms with Gasteiger partial charge in [0.2, 0.25) is 5.91 Å². The number of rotatable bonds is 2. The van der Waals surface area contributed by atoms with Crippen molar-refractivity contribution in [2.45, 2.75) is 46.1 Å². The predicted octanol–water partition coefficient (Wildman–Crippen LogP) is 2.49. The molecule has 1 aromatic heterocycles. The number of amides is 1. The van der Waals surface area contributed by atoms with Gasteiger partial charge in [0.15, 0.2) is 0 Å². The van der Waals surface area contributed by atoms with Gasteiger partial charge in [0.05, 0.1) is 11.0 Å². The summed E-state index contributed by atoms with van der Waals surface area (Å²) in [6.07, 6.45) is 2.86. The molecule has 23 heavy (non-hydrogen) atoms. The molecule has 3 heterocycles. The fourth-order valence-corrected chi connectivity index (χ4v) is 3.90. The van der Waals surface area contributed by atoms with Gasteiger partial charge in [-0.1, -0.05) is 0 Å². The Bertz CT molecular complexity index is 663. The quantitative estimate of drug-likeness (QED) is 0.842. The van der Waals surface area contributed by atoms with Gasteiger partial charge in [0.25, 0.3) is 0 Å². The lowest BCUT2D eigenvalue weighted by Crippen LogP contribution is -2.52. The Kier molecular flexibility index (Phi) is 4.01. The van der Waals surface area contributed by atoms with Crippen LogP contribution in [0.1, 0.15) is 44.4 Å². The number of nitriles is 1. The first-order valence-corrected chi connectivity index (χ1v) is 8.41. The maximum Gasteiger partial charge on any atom is 0.230 e. The van der Waals surface area contributed by atoms with Crippen molar-refractivity contribution in [3.8, 4) is 6.07 Å². The summed E-state index contributed by atoms with van der Waals surface area (Å²) in [5.74, 6) is 1.02. The second-order valence-electron chi connectivity index (χ2n) is 7.08. The fourth-order valence-electron chi connectivity index (χ4n) is 3.90. The molecule has 1 amide bonds. The van der Waals surface area contributed by atoms with E-state index in [1.807, 2.05) is 24.0 Å². The molecular formula is C18H24N4O. The molecule has 0 N–H and O–H groups in total. The number of piperidine rings is 1. The van der Waals surface area contributed by atoms with E-state index in [-0.39, 0.29) is 17.4 Å². The molecule has 0 bridgehead atoms. The van der Waals surface area contributed by atoms with Crippen LogP contribution in [0.4, 0.5) is 5.82 Å². The number of anilines is 1. The van der Waals surface area contributed by atoms with Crippen molar-refractivity contribution >= 4 is 11.7 Å². The Balaban J connectivity index is 1.87. The number of likely N-dealkylation sites (tertiary alicyclic amines) is 1. The SMILES string of the molecule is Cc1ccc(C#N)c(N2CC[C@]3(CCCN(C(C)C)C3=O)C2)n1. The molecule has 0 radical (unpaired) electrons. The molecule has 122 valence electrons. The molecule has 2 saturated heterocycles. The van der Waals surface area contributed by atoms with E-state index in [0.29, 0.717) is 12.1 Å². The summed E-state index contributed by atoms with van der Waals surface area (Å²) in [6, 6.07) is 6.17. The van der Waals surface area contributed by atoms with Gasteiger partial charge in [-0.2, -0.15) is 5.26 Å². The molecule has 2 aliphatic rings. The summed E-state index contributed by atoms with van der Waals surface area (Å²) in [5, 5.41) is 9.35. The highest BCUT2D eigenvalue weighted by molar-refractivity contribution is 5.85. The molecule has 0 aliphatic carbocycles. The Morgan fingerprint density at radius 3 is 2.78 bits per heavy atom. The molecule has 0 saturated carbocycles. The van der Waals surface area contributed by atoms with Crippen LogP contribution in [-0.2, 0) is 4.79 Å². The van der Waals surface area contributed by atoms with Crippen LogP contribution in [-0.4, -0.2) is 41.5 Å². The zero-order valence-corrected chi connectivity index (χ0v) is 14.2. The number of carbonyl (C=O) groups excluding carboxylic acids is 1. The molecule has 1 aromatic rings. The monoisotopic (exact) mass is 312 g/mol. The second-order valence-corrected chi connectivity index (χ2v) is 7.08. The van der Waals surface area contributed by atoms with Gasteiger partial charge in [-0.25, -0.2) is 4.98 Å². The van der Waals surface area contributed by atoms with E-state index in [9.17, 15) is 10.1 Å². The Morgan fingerprint density at radius 1 is 1.30 bits per heavy atom. The maximum atomic E-state index is 13.0. The van der Waals surface area contributed by atoms with Crippen LogP contribution in [0.25, 0.3) is 0 Å². The minimum atomic E-state index is -0.291. The second kappa shape index (κ2) is 5.84. The number of hydrogen-bond acceptors (Lipinski definition) is 4. The van der Waals surface area contributed by atoms with Crippen LogP contribution in [0, 0.1) is 23.7 Å². The van der Waals surface area contributed by atoms with Crippen LogP contribution >= 0.6 is 0 Å². The number of aryl methyl sites for hydroxylation is 1. The lowest BCUT2D eigenvalue weighted by Gasteiger charge is -2.41. The molecule has 5 heteroatoms. The standard InChI is InChI=1S/C18H24N4O/c1-13(2)22-9-4-7-18(17(22)23)8-10-21(12-18)16-15(11-19)6-5-14(3)20-16/h5-6,13H,4,7-10,12H2,1-3H3/t18-/m1/s1. The zero-order chi connectivity index (χ0) is 16.6. The third kappa shape index (κ3) is 2.67. The lowest BCUT2D eigenvalue weighted by atomic mass is 9.78. The first-order chi connectivity index (χ1) is 11.0. The summed E-state index contributed by atoms with van der Waals surface area (Å²) in [4.78, 5) is 21.7. The van der Waals surface area contributed by atoms with Crippen molar-refractivity contribution in [3.05, 3.63) is 23.4 Å². The number of aromatic nitrogens is 1. The van der Waals surface area contributed by atoms with Gasteiger partial charge >= 0.3 is 0 Å². The number of hydrogen-bond donors (Lipinski definition) is 0. The van der Waals surface area contributed by atoms with Crippen molar-refractivity contribution in [1.82, 2.24) is 9.88 Å². The van der Waals surface area contributed by atoms with Gasteiger partial charge in [-0.15, -0.1) is 0 Å². The summed E-state index contributed by atoms with van der Waals surface area (Å²) in [7, 11) is 0. The smallest absolute Gasteiger partial charge is 0.230 e. The maximum absolute atomic E-state index is 13.0. The van der Waals surface area contributed by atoms with Crippen molar-refractivity contribution < 1.29 is 4.79 Å². The first kappa shape index (κ1) is 15.8. The van der Waals surface area contributed by atoms with Crippen LogP contribution in [0.2, 0.25) is 0 Å². The van der Waals surface area contributed by atoms with E-state index in [2.05, 4.69) is 29.8 Å². The van der Waals surface area contributed by atoms with Crippen LogP contribution in [0.15, 0.2) is 12.1 Å². The molecule has 5 nitrogen and oxygen atoms in total. The topological polar surface area (TPSA) is 60.2 Å². The zero-order valence-electron chi connectivity index (χ0n) is 14.2. The summed E-state index contributed by atoms with van der Waals surface area (Å²) < 4.78 is 0. The summed E-state index contributed by atoms with van der Waals surface area (Å²) >= 11 is 0. The van der Waals surface area contributed by atoms with Gasteiger partial charge in [0, 0.05) is 31.4 Å². The molecule has 1 spiro atoms. The normalized spacial score (nSPS) is 24.6. The third-order valence-electron chi connectivity index (χ3n) is 5.18.